The van der Waals surface area contributed by atoms with E-state index in [4.69, 9.17) is 4.74 Å². The molecule has 4 rings (SSSR count). The molecular weight excluding hydrogens is 508 g/mol. The van der Waals surface area contributed by atoms with Gasteiger partial charge in [0.05, 0.1) is 33.8 Å². The number of hydrogen-bond donors (Lipinski definition) is 1. The zero-order chi connectivity index (χ0) is 27.6. The molecule has 2 heterocycles. The summed E-state index contributed by atoms with van der Waals surface area (Å²) in [6.45, 7) is 3.03. The molecule has 1 N–H and O–H groups in total. The highest BCUT2D eigenvalue weighted by molar-refractivity contribution is 7.20. The first-order valence-electron chi connectivity index (χ1n) is 11.8. The largest absolute Gasteiger partial charge is 0.462 e. The highest BCUT2D eigenvalue weighted by Gasteiger charge is 2.25. The topological polar surface area (TPSA) is 120 Å². The van der Waals surface area contributed by atoms with Crippen molar-refractivity contribution in [3.05, 3.63) is 91.4 Å². The van der Waals surface area contributed by atoms with Gasteiger partial charge < -0.3 is 15.0 Å². The van der Waals surface area contributed by atoms with Gasteiger partial charge in [-0.2, -0.15) is 0 Å². The fourth-order valence-electron chi connectivity index (χ4n) is 4.01. The van der Waals surface area contributed by atoms with E-state index >= 15 is 0 Å². The summed E-state index contributed by atoms with van der Waals surface area (Å²) < 4.78 is 7.23. The van der Waals surface area contributed by atoms with E-state index in [9.17, 15) is 24.0 Å². The molecule has 196 valence electrons. The summed E-state index contributed by atoms with van der Waals surface area (Å²) >= 11 is 0.986. The van der Waals surface area contributed by atoms with Gasteiger partial charge in [0.1, 0.15) is 11.4 Å². The smallest absolute Gasteiger partial charge is 0.340 e. The molecule has 0 aliphatic heterocycles. The summed E-state index contributed by atoms with van der Waals surface area (Å²) in [5.41, 5.74) is -0.153. The van der Waals surface area contributed by atoms with Crippen molar-refractivity contribution in [2.45, 2.75) is 20.4 Å². The Hall–Kier alpha value is -4.51. The predicted octanol–water partition coefficient (Wildman–Crippen LogP) is 3.04. The van der Waals surface area contributed by atoms with Crippen molar-refractivity contribution in [2.75, 3.05) is 26.0 Å². The first kappa shape index (κ1) is 26.6. The number of carbonyl (C=O) groups excluding carboxylic acids is 3. The van der Waals surface area contributed by atoms with Crippen molar-refractivity contribution in [2.24, 2.45) is 0 Å². The summed E-state index contributed by atoms with van der Waals surface area (Å²) in [6, 6.07) is 14.7. The number of aryl methyl sites for hydroxylation is 1. The number of fused-ring (bicyclic) bond motifs is 1. The fraction of sp³-hybridized carbons (Fsp3) is 0.222. The van der Waals surface area contributed by atoms with Crippen molar-refractivity contribution < 1.29 is 19.1 Å². The lowest BCUT2D eigenvalue weighted by Crippen LogP contribution is -2.40. The molecule has 4 aromatic rings. The molecule has 11 heteroatoms. The Labute approximate surface area is 221 Å². The minimum atomic E-state index is -0.729. The summed E-state index contributed by atoms with van der Waals surface area (Å²) in [7, 11) is 3.19. The van der Waals surface area contributed by atoms with Crippen LogP contribution in [0.3, 0.4) is 0 Å². The molecule has 0 saturated heterocycles. The molecule has 0 aliphatic carbocycles. The number of ether oxygens (including phenoxy) is 1. The summed E-state index contributed by atoms with van der Waals surface area (Å²) in [5.74, 6) is -1.52. The fourth-order valence-corrected chi connectivity index (χ4v) is 5.32. The number of hydrogen-bond acceptors (Lipinski definition) is 7. The van der Waals surface area contributed by atoms with Gasteiger partial charge in [-0.15, -0.1) is 11.3 Å². The molecule has 2 amide bonds. The van der Waals surface area contributed by atoms with Crippen LogP contribution in [0.25, 0.3) is 15.9 Å². The van der Waals surface area contributed by atoms with Crippen LogP contribution >= 0.6 is 11.3 Å². The molecule has 0 unspecified atom stereocenters. The number of amides is 2. The molecule has 0 bridgehead atoms. The van der Waals surface area contributed by atoms with Gasteiger partial charge in [-0.05, 0) is 43.7 Å². The first-order chi connectivity index (χ1) is 18.1. The van der Waals surface area contributed by atoms with Gasteiger partial charge in [-0.3, -0.25) is 19.0 Å². The molecule has 38 heavy (non-hydrogen) atoms. The van der Waals surface area contributed by atoms with E-state index in [0.29, 0.717) is 16.1 Å². The number of esters is 1. The van der Waals surface area contributed by atoms with Crippen LogP contribution in [0.4, 0.5) is 5.69 Å². The number of carbonyl (C=O) groups is 3. The van der Waals surface area contributed by atoms with Crippen molar-refractivity contribution in [1.29, 1.82) is 0 Å². The Bertz CT molecular complexity index is 1670. The lowest BCUT2D eigenvalue weighted by atomic mass is 10.2. The van der Waals surface area contributed by atoms with Crippen molar-refractivity contribution in [3.8, 4) is 5.69 Å². The highest BCUT2D eigenvalue weighted by atomic mass is 32.1. The Morgan fingerprint density at radius 2 is 1.66 bits per heavy atom. The molecule has 0 aliphatic rings. The SMILES string of the molecule is CCOC(=O)c1ccccc1NC(=O)Cn1c(=O)n(-c2ccccc2)c(=O)c2c(C)c(C(=O)N(C)C)sc21. The van der Waals surface area contributed by atoms with Gasteiger partial charge in [0.15, 0.2) is 0 Å². The van der Waals surface area contributed by atoms with E-state index in [1.54, 1.807) is 76.5 Å². The number of benzene rings is 2. The third-order valence-electron chi connectivity index (χ3n) is 5.83. The maximum atomic E-state index is 13.7. The Morgan fingerprint density at radius 1 is 1.00 bits per heavy atom. The normalized spacial score (nSPS) is 10.8. The van der Waals surface area contributed by atoms with Gasteiger partial charge in [0.25, 0.3) is 11.5 Å². The lowest BCUT2D eigenvalue weighted by molar-refractivity contribution is -0.116. The zero-order valence-electron chi connectivity index (χ0n) is 21.3. The van der Waals surface area contributed by atoms with Gasteiger partial charge in [-0.1, -0.05) is 30.3 Å². The number of anilines is 1. The standard InChI is InChI=1S/C27H26N4O6S/c1-5-37-26(35)18-13-9-10-14-19(18)28-20(32)15-30-25-21(16(2)22(38-25)24(34)29(3)4)23(33)31(27(30)36)17-11-7-6-8-12-17/h6-14H,5,15H2,1-4H3,(H,28,32). The number of aromatic nitrogens is 2. The van der Waals surface area contributed by atoms with Crippen molar-refractivity contribution >= 4 is 45.0 Å². The Morgan fingerprint density at radius 3 is 2.32 bits per heavy atom. The van der Waals surface area contributed by atoms with Crippen LogP contribution in [0, 0.1) is 6.92 Å². The van der Waals surface area contributed by atoms with Crippen LogP contribution < -0.4 is 16.6 Å². The third kappa shape index (κ3) is 4.88. The van der Waals surface area contributed by atoms with Crippen LogP contribution in [0.1, 0.15) is 32.5 Å². The summed E-state index contributed by atoms with van der Waals surface area (Å²) in [6.07, 6.45) is 0. The second-order valence-electron chi connectivity index (χ2n) is 8.59. The highest BCUT2D eigenvalue weighted by Crippen LogP contribution is 2.29. The van der Waals surface area contributed by atoms with E-state index in [2.05, 4.69) is 5.32 Å². The Kier molecular flexibility index (Phi) is 7.58. The van der Waals surface area contributed by atoms with Gasteiger partial charge >= 0.3 is 11.7 Å². The minimum absolute atomic E-state index is 0.167. The van der Waals surface area contributed by atoms with Crippen LogP contribution in [0.5, 0.6) is 0 Å². The van der Waals surface area contributed by atoms with Crippen LogP contribution in [0.15, 0.2) is 64.2 Å². The van der Waals surface area contributed by atoms with Gasteiger partial charge in [-0.25, -0.2) is 14.2 Å². The van der Waals surface area contributed by atoms with E-state index < -0.39 is 29.7 Å². The molecule has 0 radical (unpaired) electrons. The first-order valence-corrected chi connectivity index (χ1v) is 12.6. The van der Waals surface area contributed by atoms with E-state index in [1.165, 1.54) is 15.5 Å². The molecule has 2 aromatic heterocycles. The van der Waals surface area contributed by atoms with Crippen LogP contribution in [-0.2, 0) is 16.1 Å². The average molecular weight is 535 g/mol. The zero-order valence-corrected chi connectivity index (χ0v) is 22.1. The number of nitrogens with zero attached hydrogens (tertiary/aromatic N) is 3. The molecule has 10 nitrogen and oxygen atoms in total. The number of rotatable bonds is 7. The van der Waals surface area contributed by atoms with Crippen LogP contribution in [-0.4, -0.2) is 52.5 Å². The molecule has 2 aromatic carbocycles. The minimum Gasteiger partial charge on any atom is -0.462 e. The summed E-state index contributed by atoms with van der Waals surface area (Å²) in [5, 5.41) is 2.85. The lowest BCUT2D eigenvalue weighted by Gasteiger charge is -2.14. The number of thiophene rings is 1. The summed E-state index contributed by atoms with van der Waals surface area (Å²) in [4.78, 5) is 67.5. The van der Waals surface area contributed by atoms with E-state index in [0.717, 1.165) is 15.9 Å². The van der Waals surface area contributed by atoms with Crippen molar-refractivity contribution in [1.82, 2.24) is 14.0 Å². The van der Waals surface area contributed by atoms with Gasteiger partial charge in [0.2, 0.25) is 5.91 Å². The monoisotopic (exact) mass is 534 g/mol. The van der Waals surface area contributed by atoms with Crippen molar-refractivity contribution in [3.63, 3.8) is 0 Å². The maximum absolute atomic E-state index is 13.7. The second kappa shape index (κ2) is 10.9. The second-order valence-corrected chi connectivity index (χ2v) is 9.59. The molecule has 0 atom stereocenters. The molecule has 0 spiro atoms. The van der Waals surface area contributed by atoms with Gasteiger partial charge in [0, 0.05) is 14.1 Å². The predicted molar refractivity (Wildman–Crippen MR) is 145 cm³/mol. The molecular formula is C27H26N4O6S. The quantitative estimate of drug-likeness (QED) is 0.364. The van der Waals surface area contributed by atoms with E-state index in [-0.39, 0.29) is 34.0 Å². The molecule has 0 fully saturated rings. The van der Waals surface area contributed by atoms with E-state index in [1.807, 2.05) is 0 Å². The van der Waals surface area contributed by atoms with Crippen LogP contribution in [0.2, 0.25) is 0 Å². The number of nitrogens with one attached hydrogen (secondary N) is 1. The number of para-hydroxylation sites is 2. The average Bonchev–Trinajstić information content (AvgIpc) is 3.24. The Balaban J connectivity index is 1.87. The maximum Gasteiger partial charge on any atom is 0.340 e. The molecule has 0 saturated carbocycles. The third-order valence-corrected chi connectivity index (χ3v) is 7.13.